The van der Waals surface area contributed by atoms with Crippen LogP contribution in [0, 0.1) is 6.92 Å². The summed E-state index contributed by atoms with van der Waals surface area (Å²) in [6, 6.07) is 5.41. The molecule has 0 bridgehead atoms. The highest BCUT2D eigenvalue weighted by Gasteiger charge is 2.22. The summed E-state index contributed by atoms with van der Waals surface area (Å²) in [4.78, 5) is 1.09. The van der Waals surface area contributed by atoms with E-state index < -0.39 is 6.10 Å². The van der Waals surface area contributed by atoms with Crippen LogP contribution < -0.4 is 9.47 Å². The number of benzene rings is 1. The average Bonchev–Trinajstić information content (AvgIpc) is 2.96. The van der Waals surface area contributed by atoms with Gasteiger partial charge in [-0.05, 0) is 41.6 Å². The molecule has 0 fully saturated rings. The minimum atomic E-state index is -0.691. The molecule has 0 spiro atoms. The van der Waals surface area contributed by atoms with Crippen LogP contribution >= 0.6 is 22.9 Å². The SMILES string of the molecule is Cc1sccc1C(O)c1cc(Cl)c2c(c1)OCO2. The quantitative estimate of drug-likeness (QED) is 0.916. The Hall–Kier alpha value is -1.23. The van der Waals surface area contributed by atoms with Crippen LogP contribution in [0.2, 0.25) is 5.02 Å². The maximum Gasteiger partial charge on any atom is 0.231 e. The Morgan fingerprint density at radius 3 is 2.94 bits per heavy atom. The summed E-state index contributed by atoms with van der Waals surface area (Å²) in [5.74, 6) is 1.14. The van der Waals surface area contributed by atoms with E-state index >= 15 is 0 Å². The summed E-state index contributed by atoms with van der Waals surface area (Å²) in [7, 11) is 0. The molecule has 0 saturated heterocycles. The number of aliphatic hydroxyl groups excluding tert-OH is 1. The van der Waals surface area contributed by atoms with Crippen molar-refractivity contribution in [3.8, 4) is 11.5 Å². The summed E-state index contributed by atoms with van der Waals surface area (Å²) in [5, 5.41) is 12.8. The third-order valence-corrected chi connectivity index (χ3v) is 4.10. The lowest BCUT2D eigenvalue weighted by molar-refractivity contribution is 0.173. The molecule has 5 heteroatoms. The first-order valence-corrected chi connectivity index (χ1v) is 6.73. The highest BCUT2D eigenvalue weighted by Crippen LogP contribution is 2.42. The second kappa shape index (κ2) is 4.46. The molecule has 0 aliphatic carbocycles. The average molecular weight is 283 g/mol. The lowest BCUT2D eigenvalue weighted by Crippen LogP contribution is -1.99. The fraction of sp³-hybridized carbons (Fsp3) is 0.231. The molecule has 94 valence electrons. The van der Waals surface area contributed by atoms with Crippen LogP contribution in [0.15, 0.2) is 23.6 Å². The van der Waals surface area contributed by atoms with Crippen molar-refractivity contribution >= 4 is 22.9 Å². The Balaban J connectivity index is 2.03. The van der Waals surface area contributed by atoms with Gasteiger partial charge in [0.2, 0.25) is 6.79 Å². The van der Waals surface area contributed by atoms with Gasteiger partial charge in [-0.2, -0.15) is 0 Å². The molecule has 1 atom stereocenters. The first-order valence-electron chi connectivity index (χ1n) is 5.48. The fourth-order valence-corrected chi connectivity index (χ4v) is 3.01. The van der Waals surface area contributed by atoms with E-state index in [0.29, 0.717) is 22.1 Å². The zero-order valence-electron chi connectivity index (χ0n) is 9.64. The van der Waals surface area contributed by atoms with Crippen molar-refractivity contribution in [1.82, 2.24) is 0 Å². The van der Waals surface area contributed by atoms with Crippen LogP contribution in [-0.4, -0.2) is 11.9 Å². The second-order valence-electron chi connectivity index (χ2n) is 4.07. The molecule has 3 nitrogen and oxygen atoms in total. The molecule has 1 aliphatic heterocycles. The number of halogens is 1. The molecule has 18 heavy (non-hydrogen) atoms. The van der Waals surface area contributed by atoms with Gasteiger partial charge in [0.05, 0.1) is 5.02 Å². The van der Waals surface area contributed by atoms with Crippen molar-refractivity contribution in [2.75, 3.05) is 6.79 Å². The lowest BCUT2D eigenvalue weighted by Gasteiger charge is -2.12. The van der Waals surface area contributed by atoms with Gasteiger partial charge < -0.3 is 14.6 Å². The van der Waals surface area contributed by atoms with Gasteiger partial charge in [-0.15, -0.1) is 11.3 Å². The molecule has 3 rings (SSSR count). The molecule has 2 heterocycles. The van der Waals surface area contributed by atoms with Crippen LogP contribution in [0.4, 0.5) is 0 Å². The van der Waals surface area contributed by atoms with E-state index in [1.165, 1.54) is 0 Å². The fourth-order valence-electron chi connectivity index (χ4n) is 2.00. The molecular weight excluding hydrogens is 272 g/mol. The van der Waals surface area contributed by atoms with Gasteiger partial charge in [-0.25, -0.2) is 0 Å². The summed E-state index contributed by atoms with van der Waals surface area (Å²) in [6.07, 6.45) is -0.691. The molecule has 2 aromatic rings. The highest BCUT2D eigenvalue weighted by atomic mass is 35.5. The van der Waals surface area contributed by atoms with Crippen LogP contribution in [0.3, 0.4) is 0 Å². The summed E-state index contributed by atoms with van der Waals surface area (Å²) >= 11 is 7.71. The number of fused-ring (bicyclic) bond motifs is 1. The van der Waals surface area contributed by atoms with Crippen LogP contribution in [0.25, 0.3) is 0 Å². The summed E-state index contributed by atoms with van der Waals surface area (Å²) < 4.78 is 10.5. The Labute approximate surface area is 114 Å². The van der Waals surface area contributed by atoms with Crippen LogP contribution in [-0.2, 0) is 0 Å². The molecular formula is C13H11ClO3S. The Kier molecular flexibility index (Phi) is 2.93. The third kappa shape index (κ3) is 1.86. The van der Waals surface area contributed by atoms with E-state index in [1.807, 2.05) is 18.4 Å². The highest BCUT2D eigenvalue weighted by molar-refractivity contribution is 7.10. The molecule has 1 aromatic carbocycles. The number of aryl methyl sites for hydroxylation is 1. The zero-order chi connectivity index (χ0) is 12.7. The van der Waals surface area contributed by atoms with Crippen LogP contribution in [0.5, 0.6) is 11.5 Å². The monoisotopic (exact) mass is 282 g/mol. The van der Waals surface area contributed by atoms with Gasteiger partial charge in [0.25, 0.3) is 0 Å². The topological polar surface area (TPSA) is 38.7 Å². The minimum Gasteiger partial charge on any atom is -0.454 e. The molecule has 1 aliphatic rings. The predicted octanol–water partition coefficient (Wildman–Crippen LogP) is 3.52. The van der Waals surface area contributed by atoms with E-state index in [9.17, 15) is 5.11 Å². The van der Waals surface area contributed by atoms with Crippen molar-refractivity contribution in [3.05, 3.63) is 44.6 Å². The summed E-state index contributed by atoms with van der Waals surface area (Å²) in [5.41, 5.74) is 1.61. The number of aliphatic hydroxyl groups is 1. The zero-order valence-corrected chi connectivity index (χ0v) is 11.2. The number of ether oxygens (including phenoxy) is 2. The first kappa shape index (κ1) is 11.8. The van der Waals surface area contributed by atoms with Gasteiger partial charge in [0.15, 0.2) is 11.5 Å². The largest absolute Gasteiger partial charge is 0.454 e. The second-order valence-corrected chi connectivity index (χ2v) is 5.60. The van der Waals surface area contributed by atoms with Gasteiger partial charge in [0.1, 0.15) is 6.10 Å². The normalized spacial score (nSPS) is 14.8. The van der Waals surface area contributed by atoms with Crippen molar-refractivity contribution in [2.45, 2.75) is 13.0 Å². The molecule has 0 saturated carbocycles. The van der Waals surface area contributed by atoms with Crippen molar-refractivity contribution in [3.63, 3.8) is 0 Å². The van der Waals surface area contributed by atoms with E-state index in [4.69, 9.17) is 21.1 Å². The smallest absolute Gasteiger partial charge is 0.231 e. The molecule has 1 unspecified atom stereocenters. The Morgan fingerprint density at radius 1 is 1.39 bits per heavy atom. The lowest BCUT2D eigenvalue weighted by atomic mass is 10.0. The van der Waals surface area contributed by atoms with Crippen molar-refractivity contribution < 1.29 is 14.6 Å². The maximum atomic E-state index is 10.4. The van der Waals surface area contributed by atoms with Gasteiger partial charge in [-0.3, -0.25) is 0 Å². The van der Waals surface area contributed by atoms with E-state index in [2.05, 4.69) is 0 Å². The van der Waals surface area contributed by atoms with E-state index in [-0.39, 0.29) is 6.79 Å². The third-order valence-electron chi connectivity index (χ3n) is 2.96. The standard InChI is InChI=1S/C13H11ClO3S/c1-7-9(2-3-18-7)12(15)8-4-10(14)13-11(5-8)16-6-17-13/h2-5,12,15H,6H2,1H3. The number of hydrogen-bond donors (Lipinski definition) is 1. The Bertz CT molecular complexity index is 594. The molecule has 1 aromatic heterocycles. The van der Waals surface area contributed by atoms with Crippen LogP contribution in [0.1, 0.15) is 22.1 Å². The summed E-state index contributed by atoms with van der Waals surface area (Å²) in [6.45, 7) is 2.16. The van der Waals surface area contributed by atoms with Gasteiger partial charge >= 0.3 is 0 Å². The number of rotatable bonds is 2. The molecule has 0 radical (unpaired) electrons. The van der Waals surface area contributed by atoms with E-state index in [0.717, 1.165) is 10.4 Å². The van der Waals surface area contributed by atoms with E-state index in [1.54, 1.807) is 23.5 Å². The minimum absolute atomic E-state index is 0.173. The van der Waals surface area contributed by atoms with Crippen molar-refractivity contribution in [1.29, 1.82) is 0 Å². The molecule has 0 amide bonds. The molecule has 1 N–H and O–H groups in total. The number of thiophene rings is 1. The first-order chi connectivity index (χ1) is 8.66. The maximum absolute atomic E-state index is 10.4. The van der Waals surface area contributed by atoms with Crippen molar-refractivity contribution in [2.24, 2.45) is 0 Å². The Morgan fingerprint density at radius 2 is 2.22 bits per heavy atom. The predicted molar refractivity (Wildman–Crippen MR) is 70.7 cm³/mol. The van der Waals surface area contributed by atoms with Gasteiger partial charge in [-0.1, -0.05) is 11.6 Å². The van der Waals surface area contributed by atoms with Gasteiger partial charge in [0, 0.05) is 4.88 Å². The number of hydrogen-bond acceptors (Lipinski definition) is 4.